The lowest BCUT2D eigenvalue weighted by Gasteiger charge is -2.33. The van der Waals surface area contributed by atoms with Crippen molar-refractivity contribution in [1.82, 2.24) is 0 Å². The number of allylic oxidation sites excluding steroid dienone is 1. The number of benzene rings is 1. The number of hydrogen-bond acceptors (Lipinski definition) is 0. The molecule has 1 fully saturated rings. The molecule has 1 aromatic carbocycles. The lowest BCUT2D eigenvalue weighted by atomic mass is 9.73. The van der Waals surface area contributed by atoms with Gasteiger partial charge in [-0.1, -0.05) is 55.7 Å². The van der Waals surface area contributed by atoms with Crippen LogP contribution in [0.4, 0.5) is 0 Å². The summed E-state index contributed by atoms with van der Waals surface area (Å²) in [5.41, 5.74) is 2.88. The van der Waals surface area contributed by atoms with Crippen molar-refractivity contribution >= 4 is 0 Å². The zero-order valence-electron chi connectivity index (χ0n) is 14.7. The average molecular weight is 299 g/mol. The third-order valence-electron chi connectivity index (χ3n) is 5.64. The fraction of sp³-hybridized carbons (Fsp3) is 0.636. The van der Waals surface area contributed by atoms with Gasteiger partial charge < -0.3 is 0 Å². The predicted octanol–water partition coefficient (Wildman–Crippen LogP) is 6.73. The van der Waals surface area contributed by atoms with Gasteiger partial charge in [0.1, 0.15) is 0 Å². The van der Waals surface area contributed by atoms with E-state index in [0.717, 1.165) is 17.8 Å². The fourth-order valence-corrected chi connectivity index (χ4v) is 4.16. The van der Waals surface area contributed by atoms with Crippen molar-refractivity contribution < 1.29 is 0 Å². The van der Waals surface area contributed by atoms with Crippen LogP contribution in [0.2, 0.25) is 0 Å². The smallest absolute Gasteiger partial charge is 0.0236 e. The fourth-order valence-electron chi connectivity index (χ4n) is 4.16. The first kappa shape index (κ1) is 17.3. The van der Waals surface area contributed by atoms with Crippen molar-refractivity contribution in [2.45, 2.75) is 71.6 Å². The van der Waals surface area contributed by atoms with Crippen LogP contribution in [0, 0.1) is 24.7 Å². The molecule has 1 aromatic rings. The van der Waals surface area contributed by atoms with Gasteiger partial charge >= 0.3 is 0 Å². The highest BCUT2D eigenvalue weighted by Gasteiger charge is 2.25. The first-order chi connectivity index (χ1) is 10.7. The molecule has 0 heterocycles. The van der Waals surface area contributed by atoms with Crippen LogP contribution >= 0.6 is 0 Å². The van der Waals surface area contributed by atoms with Gasteiger partial charge in [0.15, 0.2) is 0 Å². The first-order valence-electron chi connectivity index (χ1n) is 9.41. The average Bonchev–Trinajstić information content (AvgIpc) is 2.56. The second-order valence-electron chi connectivity index (χ2n) is 7.34. The minimum absolute atomic E-state index is 0.797. The van der Waals surface area contributed by atoms with Crippen LogP contribution in [0.25, 0.3) is 0 Å². The lowest BCUT2D eigenvalue weighted by molar-refractivity contribution is 0.200. The molecule has 0 amide bonds. The Hall–Kier alpha value is -1.04. The zero-order valence-corrected chi connectivity index (χ0v) is 14.7. The summed E-state index contributed by atoms with van der Waals surface area (Å²) in [5, 5.41) is 0. The maximum atomic E-state index is 3.98. The molecule has 122 valence electrons. The molecule has 1 unspecified atom stereocenters. The molecular formula is C22H34. The van der Waals surface area contributed by atoms with Crippen molar-refractivity contribution in [2.75, 3.05) is 0 Å². The van der Waals surface area contributed by atoms with Crippen LogP contribution in [-0.2, 0) is 6.42 Å². The van der Waals surface area contributed by atoms with Gasteiger partial charge in [-0.25, -0.2) is 0 Å². The Bertz CT molecular complexity index is 420. The summed E-state index contributed by atoms with van der Waals surface area (Å²) >= 11 is 0. The van der Waals surface area contributed by atoms with Gasteiger partial charge in [-0.15, -0.1) is 6.58 Å². The second kappa shape index (κ2) is 9.18. The SMILES string of the molecule is C=CC1CCC(C(CCC)CCCc2ccc(C)cc2)CC1. The summed E-state index contributed by atoms with van der Waals surface area (Å²) < 4.78 is 0. The minimum atomic E-state index is 0.797. The molecule has 0 bridgehead atoms. The summed E-state index contributed by atoms with van der Waals surface area (Å²) in [6.07, 6.45) is 14.6. The van der Waals surface area contributed by atoms with Crippen LogP contribution in [0.5, 0.6) is 0 Å². The van der Waals surface area contributed by atoms with Crippen molar-refractivity contribution in [3.05, 3.63) is 48.0 Å². The van der Waals surface area contributed by atoms with Gasteiger partial charge in [0.05, 0.1) is 0 Å². The van der Waals surface area contributed by atoms with E-state index in [1.54, 1.807) is 0 Å². The topological polar surface area (TPSA) is 0 Å². The lowest BCUT2D eigenvalue weighted by Crippen LogP contribution is -2.21. The highest BCUT2D eigenvalue weighted by atomic mass is 14.3. The van der Waals surface area contributed by atoms with Crippen LogP contribution in [-0.4, -0.2) is 0 Å². The van der Waals surface area contributed by atoms with Crippen LogP contribution in [0.15, 0.2) is 36.9 Å². The summed E-state index contributed by atoms with van der Waals surface area (Å²) in [6, 6.07) is 9.10. The van der Waals surface area contributed by atoms with Crippen LogP contribution < -0.4 is 0 Å². The highest BCUT2D eigenvalue weighted by molar-refractivity contribution is 5.21. The third kappa shape index (κ3) is 5.30. The Morgan fingerprint density at radius 1 is 1.09 bits per heavy atom. The molecule has 0 spiro atoms. The van der Waals surface area contributed by atoms with E-state index in [4.69, 9.17) is 0 Å². The highest BCUT2D eigenvalue weighted by Crippen LogP contribution is 2.37. The number of aryl methyl sites for hydroxylation is 2. The molecule has 22 heavy (non-hydrogen) atoms. The molecule has 1 atom stereocenters. The largest absolute Gasteiger partial charge is 0.103 e. The molecule has 1 saturated carbocycles. The second-order valence-corrected chi connectivity index (χ2v) is 7.34. The quantitative estimate of drug-likeness (QED) is 0.467. The van der Waals surface area contributed by atoms with Crippen molar-refractivity contribution in [3.8, 4) is 0 Å². The van der Waals surface area contributed by atoms with Crippen LogP contribution in [0.3, 0.4) is 0 Å². The van der Waals surface area contributed by atoms with Gasteiger partial charge in [-0.2, -0.15) is 0 Å². The Balaban J connectivity index is 1.78. The summed E-state index contributed by atoms with van der Waals surface area (Å²) in [6.45, 7) is 8.50. The number of hydrogen-bond donors (Lipinski definition) is 0. The molecule has 0 aromatic heterocycles. The molecule has 0 radical (unpaired) electrons. The Kier molecular flexibility index (Phi) is 7.22. The van der Waals surface area contributed by atoms with E-state index in [1.165, 1.54) is 68.9 Å². The van der Waals surface area contributed by atoms with Gasteiger partial charge in [0, 0.05) is 0 Å². The minimum Gasteiger partial charge on any atom is -0.103 e. The predicted molar refractivity (Wildman–Crippen MR) is 98.2 cm³/mol. The van der Waals surface area contributed by atoms with E-state index < -0.39 is 0 Å². The van der Waals surface area contributed by atoms with E-state index in [0.29, 0.717) is 0 Å². The first-order valence-corrected chi connectivity index (χ1v) is 9.41. The van der Waals surface area contributed by atoms with E-state index in [2.05, 4.69) is 50.8 Å². The summed E-state index contributed by atoms with van der Waals surface area (Å²) in [7, 11) is 0. The standard InChI is InChI=1S/C22H34/c1-4-7-21(22-16-14-19(5-2)15-17-22)9-6-8-20-12-10-18(3)11-13-20/h5,10-13,19,21-22H,2,4,6-9,14-17H2,1,3H3. The summed E-state index contributed by atoms with van der Waals surface area (Å²) in [5.74, 6) is 2.74. The molecule has 1 aliphatic rings. The van der Waals surface area contributed by atoms with Crippen molar-refractivity contribution in [1.29, 1.82) is 0 Å². The summed E-state index contributed by atoms with van der Waals surface area (Å²) in [4.78, 5) is 0. The maximum Gasteiger partial charge on any atom is -0.0236 e. The molecule has 1 aliphatic carbocycles. The van der Waals surface area contributed by atoms with Crippen molar-refractivity contribution in [3.63, 3.8) is 0 Å². The van der Waals surface area contributed by atoms with Crippen molar-refractivity contribution in [2.24, 2.45) is 17.8 Å². The molecule has 0 N–H and O–H groups in total. The molecule has 0 nitrogen and oxygen atoms in total. The Morgan fingerprint density at radius 3 is 2.36 bits per heavy atom. The van der Waals surface area contributed by atoms with E-state index >= 15 is 0 Å². The zero-order chi connectivity index (χ0) is 15.8. The van der Waals surface area contributed by atoms with E-state index in [1.807, 2.05) is 0 Å². The van der Waals surface area contributed by atoms with E-state index in [-0.39, 0.29) is 0 Å². The normalized spacial score (nSPS) is 23.2. The Morgan fingerprint density at radius 2 is 1.77 bits per heavy atom. The molecular weight excluding hydrogens is 264 g/mol. The monoisotopic (exact) mass is 298 g/mol. The molecule has 0 saturated heterocycles. The number of rotatable bonds is 8. The molecule has 0 heteroatoms. The van der Waals surface area contributed by atoms with Gasteiger partial charge in [0.2, 0.25) is 0 Å². The van der Waals surface area contributed by atoms with Gasteiger partial charge in [0.25, 0.3) is 0 Å². The van der Waals surface area contributed by atoms with Gasteiger partial charge in [-0.05, 0) is 75.2 Å². The van der Waals surface area contributed by atoms with Crippen LogP contribution in [0.1, 0.15) is 69.4 Å². The third-order valence-corrected chi connectivity index (χ3v) is 5.64. The maximum absolute atomic E-state index is 3.98. The molecule has 0 aliphatic heterocycles. The molecule has 2 rings (SSSR count). The van der Waals surface area contributed by atoms with E-state index in [9.17, 15) is 0 Å². The Labute approximate surface area is 138 Å². The van der Waals surface area contributed by atoms with Gasteiger partial charge in [-0.3, -0.25) is 0 Å².